The maximum Gasteiger partial charge on any atom is 0.490 e. The van der Waals surface area contributed by atoms with Crippen LogP contribution in [0.15, 0.2) is 30.3 Å². The van der Waals surface area contributed by atoms with E-state index >= 15 is 0 Å². The van der Waals surface area contributed by atoms with Crippen LogP contribution >= 0.6 is 11.8 Å². The van der Waals surface area contributed by atoms with E-state index in [2.05, 4.69) is 23.5 Å². The number of carboxylic acid groups (broad SMARTS) is 1. The standard InChI is InChI=1S/C15H17N3OS.C2HF3O2/c16-9-12-7-4-8-18(12)15(19)13-10-20-14(17-13)11-5-2-1-3-6-11;3-2(4,5)1(6)7/h1-3,5-6,12-14,17H,4,7-8,10H2;(H,6,7)/t12-,13-,14?;/m0./s1. The van der Waals surface area contributed by atoms with E-state index in [0.717, 1.165) is 25.1 Å². The average Bonchev–Trinajstić information content (AvgIpc) is 3.31. The summed E-state index contributed by atoms with van der Waals surface area (Å²) in [6, 6.07) is 12.0. The predicted octanol–water partition coefficient (Wildman–Crippen LogP) is 2.54. The Labute approximate surface area is 158 Å². The molecule has 0 bridgehead atoms. The average molecular weight is 401 g/mol. The van der Waals surface area contributed by atoms with E-state index in [1.165, 1.54) is 5.56 Å². The summed E-state index contributed by atoms with van der Waals surface area (Å²) in [5, 5.41) is 19.8. The monoisotopic (exact) mass is 401 g/mol. The van der Waals surface area contributed by atoms with E-state index in [-0.39, 0.29) is 23.4 Å². The molecule has 10 heteroatoms. The number of carbonyl (C=O) groups excluding carboxylic acids is 1. The Morgan fingerprint density at radius 1 is 1.30 bits per heavy atom. The molecular weight excluding hydrogens is 383 g/mol. The number of benzene rings is 1. The lowest BCUT2D eigenvalue weighted by atomic mass is 10.2. The summed E-state index contributed by atoms with van der Waals surface area (Å²) in [6.07, 6.45) is -3.34. The number of carboxylic acids is 1. The summed E-state index contributed by atoms with van der Waals surface area (Å²) in [5.74, 6) is -1.90. The Morgan fingerprint density at radius 2 is 1.93 bits per heavy atom. The van der Waals surface area contributed by atoms with Gasteiger partial charge in [0.15, 0.2) is 0 Å². The van der Waals surface area contributed by atoms with Gasteiger partial charge in [-0.25, -0.2) is 4.79 Å². The van der Waals surface area contributed by atoms with Gasteiger partial charge in [-0.15, -0.1) is 11.8 Å². The molecule has 2 N–H and O–H groups in total. The van der Waals surface area contributed by atoms with Gasteiger partial charge in [-0.05, 0) is 18.4 Å². The minimum atomic E-state index is -5.08. The van der Waals surface area contributed by atoms with Crippen molar-refractivity contribution in [2.75, 3.05) is 12.3 Å². The Bertz CT molecular complexity index is 709. The van der Waals surface area contributed by atoms with Crippen molar-refractivity contribution in [3.05, 3.63) is 35.9 Å². The first-order valence-corrected chi connectivity index (χ1v) is 9.21. The van der Waals surface area contributed by atoms with Crippen molar-refractivity contribution >= 4 is 23.6 Å². The first kappa shape index (κ1) is 21.1. The van der Waals surface area contributed by atoms with Gasteiger partial charge in [-0.1, -0.05) is 30.3 Å². The lowest BCUT2D eigenvalue weighted by molar-refractivity contribution is -0.192. The normalized spacial score (nSPS) is 24.7. The molecule has 146 valence electrons. The number of aliphatic carboxylic acids is 1. The molecule has 0 aliphatic carbocycles. The fraction of sp³-hybridized carbons (Fsp3) is 0.471. The SMILES string of the molecule is N#C[C@@H]1CCCN1C(=O)[C@@H]1CSC(c2ccccc2)N1.O=C(O)C(F)(F)F. The number of likely N-dealkylation sites (tertiary alicyclic amines) is 1. The van der Waals surface area contributed by atoms with Crippen LogP contribution in [0.3, 0.4) is 0 Å². The highest BCUT2D eigenvalue weighted by Crippen LogP contribution is 2.33. The molecule has 3 atom stereocenters. The number of rotatable bonds is 2. The first-order chi connectivity index (χ1) is 12.7. The zero-order valence-electron chi connectivity index (χ0n) is 14.1. The van der Waals surface area contributed by atoms with Crippen molar-refractivity contribution < 1.29 is 27.9 Å². The molecule has 0 radical (unpaired) electrons. The van der Waals surface area contributed by atoms with Gasteiger partial charge in [-0.3, -0.25) is 10.1 Å². The summed E-state index contributed by atoms with van der Waals surface area (Å²) in [7, 11) is 0. The van der Waals surface area contributed by atoms with Crippen molar-refractivity contribution in [1.82, 2.24) is 10.2 Å². The largest absolute Gasteiger partial charge is 0.490 e. The van der Waals surface area contributed by atoms with Gasteiger partial charge < -0.3 is 10.0 Å². The van der Waals surface area contributed by atoms with Crippen LogP contribution in [0.5, 0.6) is 0 Å². The number of nitrogens with zero attached hydrogens (tertiary/aromatic N) is 2. The Kier molecular flexibility index (Phi) is 7.10. The second-order valence-electron chi connectivity index (χ2n) is 5.96. The molecule has 2 aliphatic heterocycles. The third kappa shape index (κ3) is 5.61. The molecule has 2 aliphatic rings. The number of hydrogen-bond donors (Lipinski definition) is 2. The zero-order chi connectivity index (χ0) is 20.0. The lowest BCUT2D eigenvalue weighted by Gasteiger charge is -2.23. The van der Waals surface area contributed by atoms with Gasteiger partial charge in [0.25, 0.3) is 0 Å². The van der Waals surface area contributed by atoms with E-state index in [0.29, 0.717) is 0 Å². The van der Waals surface area contributed by atoms with E-state index in [1.807, 2.05) is 18.2 Å². The third-order valence-corrected chi connectivity index (χ3v) is 5.38. The lowest BCUT2D eigenvalue weighted by Crippen LogP contribution is -2.46. The molecule has 1 amide bonds. The molecule has 1 unspecified atom stereocenters. The number of nitrogens with one attached hydrogen (secondary N) is 1. The number of carbonyl (C=O) groups is 2. The molecule has 2 fully saturated rings. The summed E-state index contributed by atoms with van der Waals surface area (Å²) in [6.45, 7) is 0.718. The van der Waals surface area contributed by atoms with Crippen LogP contribution in [0, 0.1) is 11.3 Å². The fourth-order valence-corrected chi connectivity index (χ4v) is 4.03. The van der Waals surface area contributed by atoms with Crippen LogP contribution in [0.2, 0.25) is 0 Å². The van der Waals surface area contributed by atoms with Crippen LogP contribution < -0.4 is 5.32 Å². The van der Waals surface area contributed by atoms with Gasteiger partial charge in [0.1, 0.15) is 6.04 Å². The topological polar surface area (TPSA) is 93.4 Å². The minimum Gasteiger partial charge on any atom is -0.475 e. The highest BCUT2D eigenvalue weighted by molar-refractivity contribution is 7.99. The highest BCUT2D eigenvalue weighted by Gasteiger charge is 2.38. The molecule has 3 rings (SSSR count). The first-order valence-electron chi connectivity index (χ1n) is 8.17. The maximum absolute atomic E-state index is 12.5. The highest BCUT2D eigenvalue weighted by atomic mass is 32.2. The van der Waals surface area contributed by atoms with Crippen molar-refractivity contribution in [1.29, 1.82) is 5.26 Å². The zero-order valence-corrected chi connectivity index (χ0v) is 15.0. The molecule has 2 heterocycles. The minimum absolute atomic E-state index is 0.0833. The number of halogens is 3. The Hall–Kier alpha value is -2.25. The third-order valence-electron chi connectivity index (χ3n) is 4.11. The van der Waals surface area contributed by atoms with Crippen molar-refractivity contribution in [2.45, 2.75) is 36.5 Å². The van der Waals surface area contributed by atoms with Crippen LogP contribution in [-0.2, 0) is 9.59 Å². The second kappa shape index (κ2) is 9.10. The molecule has 0 aromatic heterocycles. The van der Waals surface area contributed by atoms with Crippen LogP contribution in [0.1, 0.15) is 23.8 Å². The summed E-state index contributed by atoms with van der Waals surface area (Å²) >= 11 is 1.76. The molecule has 6 nitrogen and oxygen atoms in total. The van der Waals surface area contributed by atoms with Gasteiger partial charge in [0.05, 0.1) is 17.5 Å². The van der Waals surface area contributed by atoms with E-state index in [9.17, 15) is 18.0 Å². The molecule has 0 saturated carbocycles. The van der Waals surface area contributed by atoms with Crippen molar-refractivity contribution in [2.24, 2.45) is 0 Å². The van der Waals surface area contributed by atoms with E-state index in [1.54, 1.807) is 16.7 Å². The summed E-state index contributed by atoms with van der Waals surface area (Å²) < 4.78 is 31.7. The number of hydrogen-bond acceptors (Lipinski definition) is 5. The van der Waals surface area contributed by atoms with Crippen LogP contribution in [-0.4, -0.2) is 52.4 Å². The van der Waals surface area contributed by atoms with Gasteiger partial charge in [0.2, 0.25) is 5.91 Å². The fourth-order valence-electron chi connectivity index (χ4n) is 2.80. The number of nitriles is 1. The van der Waals surface area contributed by atoms with E-state index in [4.69, 9.17) is 15.2 Å². The maximum atomic E-state index is 12.5. The molecule has 2 saturated heterocycles. The van der Waals surface area contributed by atoms with Gasteiger partial charge >= 0.3 is 12.1 Å². The van der Waals surface area contributed by atoms with E-state index < -0.39 is 12.1 Å². The molecule has 1 aromatic rings. The molecule has 1 aromatic carbocycles. The van der Waals surface area contributed by atoms with Gasteiger partial charge in [0, 0.05) is 12.3 Å². The molecule has 0 spiro atoms. The van der Waals surface area contributed by atoms with Gasteiger partial charge in [-0.2, -0.15) is 18.4 Å². The Balaban J connectivity index is 0.000000321. The molecular formula is C17H18F3N3O3S. The summed E-state index contributed by atoms with van der Waals surface area (Å²) in [5.41, 5.74) is 1.20. The van der Waals surface area contributed by atoms with Crippen LogP contribution in [0.4, 0.5) is 13.2 Å². The van der Waals surface area contributed by atoms with Crippen LogP contribution in [0.25, 0.3) is 0 Å². The second-order valence-corrected chi connectivity index (χ2v) is 7.10. The smallest absolute Gasteiger partial charge is 0.475 e. The number of thioether (sulfide) groups is 1. The molecule has 27 heavy (non-hydrogen) atoms. The van der Waals surface area contributed by atoms with Crippen molar-refractivity contribution in [3.8, 4) is 6.07 Å². The number of alkyl halides is 3. The van der Waals surface area contributed by atoms with Crippen molar-refractivity contribution in [3.63, 3.8) is 0 Å². The predicted molar refractivity (Wildman–Crippen MR) is 92.6 cm³/mol. The number of amides is 1. The summed E-state index contributed by atoms with van der Waals surface area (Å²) in [4.78, 5) is 23.1. The Morgan fingerprint density at radius 3 is 2.48 bits per heavy atom. The quantitative estimate of drug-likeness (QED) is 0.791.